The first-order valence-corrected chi connectivity index (χ1v) is 11.6. The standard InChI is InChI=1S/C25H23NO5S/c1-4-26-22-16-19(30-3)12-15-21(22)24(23(25(26)27)18-8-6-5-7-9-18)31-32(28,29)20-13-10-17(2)11-14-20/h5-16H,4H2,1-3H3. The molecule has 0 aliphatic carbocycles. The summed E-state index contributed by atoms with van der Waals surface area (Å²) in [5.41, 5.74) is 1.89. The van der Waals surface area contributed by atoms with E-state index in [9.17, 15) is 13.2 Å². The third-order valence-corrected chi connectivity index (χ3v) is 6.54. The van der Waals surface area contributed by atoms with Gasteiger partial charge in [0.25, 0.3) is 5.56 Å². The van der Waals surface area contributed by atoms with E-state index >= 15 is 0 Å². The van der Waals surface area contributed by atoms with E-state index in [1.807, 2.05) is 19.9 Å². The van der Waals surface area contributed by atoms with Crippen molar-refractivity contribution in [1.29, 1.82) is 0 Å². The Morgan fingerprint density at radius 3 is 2.25 bits per heavy atom. The van der Waals surface area contributed by atoms with Crippen LogP contribution in [0.25, 0.3) is 22.0 Å². The minimum Gasteiger partial charge on any atom is -0.497 e. The van der Waals surface area contributed by atoms with E-state index in [1.54, 1.807) is 59.2 Å². The first-order chi connectivity index (χ1) is 15.4. The molecular weight excluding hydrogens is 426 g/mol. The SMILES string of the molecule is CCn1c(=O)c(-c2ccccc2)c(OS(=O)(=O)c2ccc(C)cc2)c2ccc(OC)cc21. The van der Waals surface area contributed by atoms with Crippen LogP contribution in [-0.4, -0.2) is 20.1 Å². The van der Waals surface area contributed by atoms with Crippen molar-refractivity contribution in [2.75, 3.05) is 7.11 Å². The predicted octanol–water partition coefficient (Wildman–Crippen LogP) is 4.77. The minimum atomic E-state index is -4.18. The smallest absolute Gasteiger partial charge is 0.339 e. The van der Waals surface area contributed by atoms with Crippen LogP contribution in [0.1, 0.15) is 12.5 Å². The van der Waals surface area contributed by atoms with Crippen LogP contribution in [0.5, 0.6) is 11.5 Å². The maximum Gasteiger partial charge on any atom is 0.339 e. The molecule has 0 spiro atoms. The summed E-state index contributed by atoms with van der Waals surface area (Å²) in [6.07, 6.45) is 0. The number of hydrogen-bond donors (Lipinski definition) is 0. The number of methoxy groups -OCH3 is 1. The fourth-order valence-electron chi connectivity index (χ4n) is 3.65. The average Bonchev–Trinajstić information content (AvgIpc) is 2.79. The highest BCUT2D eigenvalue weighted by Crippen LogP contribution is 2.37. The molecule has 3 aromatic carbocycles. The van der Waals surface area contributed by atoms with Gasteiger partial charge in [0.15, 0.2) is 5.75 Å². The summed E-state index contributed by atoms with van der Waals surface area (Å²) in [6, 6.07) is 20.5. The molecule has 164 valence electrons. The van der Waals surface area contributed by atoms with Gasteiger partial charge in [0.1, 0.15) is 10.6 Å². The van der Waals surface area contributed by atoms with Crippen LogP contribution >= 0.6 is 0 Å². The fourth-order valence-corrected chi connectivity index (χ4v) is 4.61. The molecule has 0 saturated heterocycles. The molecule has 0 bridgehead atoms. The molecule has 0 aliphatic rings. The minimum absolute atomic E-state index is 0.00382. The van der Waals surface area contributed by atoms with Crippen LogP contribution in [0.15, 0.2) is 82.5 Å². The van der Waals surface area contributed by atoms with Gasteiger partial charge in [0, 0.05) is 18.0 Å². The monoisotopic (exact) mass is 449 g/mol. The summed E-state index contributed by atoms with van der Waals surface area (Å²) >= 11 is 0. The van der Waals surface area contributed by atoms with Crippen LogP contribution in [-0.2, 0) is 16.7 Å². The summed E-state index contributed by atoms with van der Waals surface area (Å²) in [7, 11) is -2.65. The highest BCUT2D eigenvalue weighted by atomic mass is 32.2. The molecule has 0 fully saturated rings. The number of ether oxygens (including phenoxy) is 1. The molecule has 0 radical (unpaired) electrons. The maximum absolute atomic E-state index is 13.5. The zero-order chi connectivity index (χ0) is 22.9. The Morgan fingerprint density at radius 2 is 1.62 bits per heavy atom. The molecule has 0 atom stereocenters. The van der Waals surface area contributed by atoms with Crippen molar-refractivity contribution in [3.05, 3.63) is 88.7 Å². The van der Waals surface area contributed by atoms with Crippen LogP contribution in [0.2, 0.25) is 0 Å². The number of fused-ring (bicyclic) bond motifs is 1. The van der Waals surface area contributed by atoms with Crippen LogP contribution < -0.4 is 14.5 Å². The van der Waals surface area contributed by atoms with Gasteiger partial charge in [-0.15, -0.1) is 0 Å². The van der Waals surface area contributed by atoms with Crippen molar-refractivity contribution in [2.24, 2.45) is 0 Å². The molecule has 4 aromatic rings. The van der Waals surface area contributed by atoms with E-state index in [2.05, 4.69) is 0 Å². The topological polar surface area (TPSA) is 74.6 Å². The molecule has 7 heteroatoms. The van der Waals surface area contributed by atoms with E-state index in [4.69, 9.17) is 8.92 Å². The predicted molar refractivity (Wildman–Crippen MR) is 125 cm³/mol. The first kappa shape index (κ1) is 21.6. The Kier molecular flexibility index (Phi) is 5.76. The van der Waals surface area contributed by atoms with Crippen molar-refractivity contribution in [3.63, 3.8) is 0 Å². The normalized spacial score (nSPS) is 11.5. The molecular formula is C25H23NO5S. The first-order valence-electron chi connectivity index (χ1n) is 10.2. The fraction of sp³-hybridized carbons (Fsp3) is 0.160. The average molecular weight is 450 g/mol. The quantitative estimate of drug-likeness (QED) is 0.396. The lowest BCUT2D eigenvalue weighted by Crippen LogP contribution is -2.24. The molecule has 32 heavy (non-hydrogen) atoms. The van der Waals surface area contributed by atoms with Crippen molar-refractivity contribution < 1.29 is 17.3 Å². The second kappa shape index (κ2) is 8.51. The highest BCUT2D eigenvalue weighted by Gasteiger charge is 2.25. The van der Waals surface area contributed by atoms with E-state index in [1.165, 1.54) is 19.2 Å². The highest BCUT2D eigenvalue weighted by molar-refractivity contribution is 7.87. The Morgan fingerprint density at radius 1 is 0.938 bits per heavy atom. The van der Waals surface area contributed by atoms with Gasteiger partial charge in [0.2, 0.25) is 0 Å². The third-order valence-electron chi connectivity index (χ3n) is 5.31. The van der Waals surface area contributed by atoms with E-state index < -0.39 is 10.1 Å². The van der Waals surface area contributed by atoms with Crippen LogP contribution in [0, 0.1) is 6.92 Å². The molecule has 0 aliphatic heterocycles. The number of hydrogen-bond acceptors (Lipinski definition) is 5. The molecule has 0 amide bonds. The number of rotatable bonds is 6. The van der Waals surface area contributed by atoms with Crippen molar-refractivity contribution in [1.82, 2.24) is 4.57 Å². The molecule has 0 saturated carbocycles. The lowest BCUT2D eigenvalue weighted by molar-refractivity contribution is 0.415. The molecule has 0 N–H and O–H groups in total. The van der Waals surface area contributed by atoms with Gasteiger partial charge in [-0.3, -0.25) is 4.79 Å². The van der Waals surface area contributed by atoms with Gasteiger partial charge in [-0.2, -0.15) is 8.42 Å². The second-order valence-electron chi connectivity index (χ2n) is 7.35. The van der Waals surface area contributed by atoms with E-state index in [-0.39, 0.29) is 21.8 Å². The van der Waals surface area contributed by atoms with Crippen LogP contribution in [0.3, 0.4) is 0 Å². The molecule has 4 rings (SSSR count). The Balaban J connectivity index is 2.05. The maximum atomic E-state index is 13.5. The van der Waals surface area contributed by atoms with Crippen molar-refractivity contribution in [2.45, 2.75) is 25.3 Å². The third kappa shape index (κ3) is 3.87. The zero-order valence-electron chi connectivity index (χ0n) is 18.0. The molecule has 1 heterocycles. The van der Waals surface area contributed by atoms with Gasteiger partial charge in [-0.05, 0) is 43.7 Å². The molecule has 1 aromatic heterocycles. The summed E-state index contributed by atoms with van der Waals surface area (Å²) in [6.45, 7) is 4.13. The molecule has 0 unspecified atom stereocenters. The van der Waals surface area contributed by atoms with E-state index in [0.29, 0.717) is 28.8 Å². The molecule has 6 nitrogen and oxygen atoms in total. The van der Waals surface area contributed by atoms with Gasteiger partial charge in [-0.25, -0.2) is 0 Å². The van der Waals surface area contributed by atoms with E-state index in [0.717, 1.165) is 5.56 Å². The summed E-state index contributed by atoms with van der Waals surface area (Å²) in [5.74, 6) is 0.558. The van der Waals surface area contributed by atoms with Gasteiger partial charge < -0.3 is 13.5 Å². The Labute approximate surface area is 186 Å². The second-order valence-corrected chi connectivity index (χ2v) is 8.90. The van der Waals surface area contributed by atoms with Gasteiger partial charge >= 0.3 is 10.1 Å². The lowest BCUT2D eigenvalue weighted by atomic mass is 10.0. The Bertz CT molecular complexity index is 1440. The number of aryl methyl sites for hydroxylation is 2. The zero-order valence-corrected chi connectivity index (χ0v) is 18.8. The van der Waals surface area contributed by atoms with Gasteiger partial charge in [0.05, 0.1) is 18.2 Å². The summed E-state index contributed by atoms with van der Waals surface area (Å²) < 4.78 is 39.0. The van der Waals surface area contributed by atoms with Gasteiger partial charge in [-0.1, -0.05) is 48.0 Å². The van der Waals surface area contributed by atoms with Crippen molar-refractivity contribution >= 4 is 21.0 Å². The van der Waals surface area contributed by atoms with Crippen molar-refractivity contribution in [3.8, 4) is 22.6 Å². The number of pyridine rings is 1. The summed E-state index contributed by atoms with van der Waals surface area (Å²) in [5, 5.41) is 0.502. The largest absolute Gasteiger partial charge is 0.497 e. The Hall–Kier alpha value is -3.58. The lowest BCUT2D eigenvalue weighted by Gasteiger charge is -2.18. The number of nitrogens with zero attached hydrogens (tertiary/aromatic N) is 1. The summed E-state index contributed by atoms with van der Waals surface area (Å²) in [4.78, 5) is 13.6. The van der Waals surface area contributed by atoms with Crippen LogP contribution in [0.4, 0.5) is 0 Å². The number of aromatic nitrogens is 1. The number of benzene rings is 3.